The molecule has 0 atom stereocenters. The van der Waals surface area contributed by atoms with Crippen molar-refractivity contribution in [2.75, 3.05) is 5.73 Å². The second kappa shape index (κ2) is 4.41. The summed E-state index contributed by atoms with van der Waals surface area (Å²) in [5.41, 5.74) is 7.79. The number of aryl methyl sites for hydroxylation is 2. The Morgan fingerprint density at radius 2 is 1.94 bits per heavy atom. The van der Waals surface area contributed by atoms with Gasteiger partial charge < -0.3 is 10.5 Å². The van der Waals surface area contributed by atoms with E-state index in [1.807, 2.05) is 6.92 Å². The maximum absolute atomic E-state index is 13.3. The van der Waals surface area contributed by atoms with Crippen LogP contribution in [0.15, 0.2) is 30.5 Å². The number of anilines is 1. The lowest BCUT2D eigenvalue weighted by Crippen LogP contribution is -1.94. The Kier molecular flexibility index (Phi) is 2.95. The molecule has 4 heteroatoms. The van der Waals surface area contributed by atoms with Crippen LogP contribution >= 0.6 is 0 Å². The number of pyridine rings is 1. The molecule has 0 fully saturated rings. The summed E-state index contributed by atoms with van der Waals surface area (Å²) in [6, 6.07) is 6.29. The van der Waals surface area contributed by atoms with E-state index < -0.39 is 0 Å². The molecule has 0 spiro atoms. The lowest BCUT2D eigenvalue weighted by atomic mass is 10.2. The molecule has 88 valence electrons. The average Bonchev–Trinajstić information content (AvgIpc) is 2.29. The lowest BCUT2D eigenvalue weighted by Gasteiger charge is -2.07. The van der Waals surface area contributed by atoms with Crippen LogP contribution in [0.25, 0.3) is 0 Å². The zero-order valence-corrected chi connectivity index (χ0v) is 9.70. The van der Waals surface area contributed by atoms with Crippen LogP contribution in [0.5, 0.6) is 11.6 Å². The van der Waals surface area contributed by atoms with Gasteiger partial charge in [-0.15, -0.1) is 0 Å². The molecule has 1 heterocycles. The van der Waals surface area contributed by atoms with E-state index in [1.54, 1.807) is 31.3 Å². The summed E-state index contributed by atoms with van der Waals surface area (Å²) >= 11 is 0. The molecule has 0 aliphatic heterocycles. The number of benzene rings is 1. The third-order valence-corrected chi connectivity index (χ3v) is 2.49. The summed E-state index contributed by atoms with van der Waals surface area (Å²) < 4.78 is 18.7. The molecule has 2 aromatic rings. The van der Waals surface area contributed by atoms with Crippen LogP contribution in [0.1, 0.15) is 11.1 Å². The lowest BCUT2D eigenvalue weighted by molar-refractivity contribution is 0.457. The molecule has 0 aliphatic carbocycles. The Morgan fingerprint density at radius 1 is 1.18 bits per heavy atom. The van der Waals surface area contributed by atoms with Gasteiger partial charge in [0.2, 0.25) is 5.88 Å². The topological polar surface area (TPSA) is 48.1 Å². The highest BCUT2D eigenvalue weighted by Crippen LogP contribution is 2.23. The fraction of sp³-hybridized carbons (Fsp3) is 0.154. The molecule has 0 bridgehead atoms. The van der Waals surface area contributed by atoms with Crippen molar-refractivity contribution in [2.24, 2.45) is 0 Å². The van der Waals surface area contributed by atoms with Crippen molar-refractivity contribution >= 4 is 5.69 Å². The highest BCUT2D eigenvalue weighted by molar-refractivity contribution is 5.47. The van der Waals surface area contributed by atoms with E-state index in [2.05, 4.69) is 4.98 Å². The molecule has 1 aromatic heterocycles. The minimum Gasteiger partial charge on any atom is -0.439 e. The van der Waals surface area contributed by atoms with Gasteiger partial charge in [0.1, 0.15) is 11.6 Å². The smallest absolute Gasteiger partial charge is 0.221 e. The van der Waals surface area contributed by atoms with Crippen LogP contribution in [-0.4, -0.2) is 4.98 Å². The zero-order chi connectivity index (χ0) is 12.4. The number of halogens is 1. The molecule has 2 N–H and O–H groups in total. The monoisotopic (exact) mass is 232 g/mol. The average molecular weight is 232 g/mol. The predicted molar refractivity (Wildman–Crippen MR) is 64.6 cm³/mol. The van der Waals surface area contributed by atoms with Crippen LogP contribution < -0.4 is 10.5 Å². The fourth-order valence-corrected chi connectivity index (χ4v) is 1.33. The first-order valence-electron chi connectivity index (χ1n) is 5.22. The Bertz CT molecular complexity index is 506. The van der Waals surface area contributed by atoms with E-state index in [4.69, 9.17) is 10.5 Å². The maximum Gasteiger partial charge on any atom is 0.221 e. The number of aromatic nitrogens is 1. The first-order chi connectivity index (χ1) is 8.06. The summed E-state index contributed by atoms with van der Waals surface area (Å²) in [5, 5.41) is 0. The SMILES string of the molecule is Cc1cnc(Oc2ccc(C)c(F)c2)cc1N. The first kappa shape index (κ1) is 11.4. The molecular formula is C13H13FN2O. The van der Waals surface area contributed by atoms with Gasteiger partial charge in [0.15, 0.2) is 0 Å². The van der Waals surface area contributed by atoms with E-state index in [0.717, 1.165) is 5.56 Å². The molecule has 0 saturated carbocycles. The number of ether oxygens (including phenoxy) is 1. The molecule has 0 radical (unpaired) electrons. The van der Waals surface area contributed by atoms with Gasteiger partial charge in [-0.25, -0.2) is 9.37 Å². The van der Waals surface area contributed by atoms with Crippen LogP contribution in [0, 0.1) is 19.7 Å². The second-order valence-electron chi connectivity index (χ2n) is 3.89. The highest BCUT2D eigenvalue weighted by atomic mass is 19.1. The third kappa shape index (κ3) is 2.53. The molecule has 0 aliphatic rings. The second-order valence-corrected chi connectivity index (χ2v) is 3.89. The number of nitrogen functional groups attached to an aromatic ring is 1. The van der Waals surface area contributed by atoms with Crippen LogP contribution in [-0.2, 0) is 0 Å². The standard InChI is InChI=1S/C13H13FN2O/c1-8-3-4-10(5-11(8)14)17-13-6-12(15)9(2)7-16-13/h3-7H,1-2H3,(H2,15,16). The minimum absolute atomic E-state index is 0.303. The molecule has 1 aromatic carbocycles. The van der Waals surface area contributed by atoms with Gasteiger partial charge in [-0.05, 0) is 31.0 Å². The molecule has 17 heavy (non-hydrogen) atoms. The van der Waals surface area contributed by atoms with Gasteiger partial charge in [0.25, 0.3) is 0 Å². The molecule has 0 saturated heterocycles. The molecular weight excluding hydrogens is 219 g/mol. The van der Waals surface area contributed by atoms with Gasteiger partial charge in [0, 0.05) is 24.0 Å². The molecule has 0 amide bonds. The van der Waals surface area contributed by atoms with Crippen LogP contribution in [0.3, 0.4) is 0 Å². The van der Waals surface area contributed by atoms with Crippen molar-refractivity contribution in [3.8, 4) is 11.6 Å². The van der Waals surface area contributed by atoms with Crippen molar-refractivity contribution in [3.05, 3.63) is 47.4 Å². The van der Waals surface area contributed by atoms with Crippen LogP contribution in [0.4, 0.5) is 10.1 Å². The summed E-state index contributed by atoms with van der Waals surface area (Å²) in [6.07, 6.45) is 1.62. The van der Waals surface area contributed by atoms with Gasteiger partial charge >= 0.3 is 0 Å². The number of hydrogen-bond acceptors (Lipinski definition) is 3. The van der Waals surface area contributed by atoms with E-state index >= 15 is 0 Å². The van der Waals surface area contributed by atoms with E-state index in [1.165, 1.54) is 6.07 Å². The number of nitrogens with zero attached hydrogens (tertiary/aromatic N) is 1. The van der Waals surface area contributed by atoms with Crippen molar-refractivity contribution in [2.45, 2.75) is 13.8 Å². The summed E-state index contributed by atoms with van der Waals surface area (Å²) in [4.78, 5) is 4.06. The first-order valence-corrected chi connectivity index (χ1v) is 5.22. The van der Waals surface area contributed by atoms with Crippen molar-refractivity contribution in [3.63, 3.8) is 0 Å². The summed E-state index contributed by atoms with van der Waals surface area (Å²) in [5.74, 6) is 0.461. The zero-order valence-electron chi connectivity index (χ0n) is 9.70. The fourth-order valence-electron chi connectivity index (χ4n) is 1.33. The molecule has 3 nitrogen and oxygen atoms in total. The normalized spacial score (nSPS) is 10.3. The van der Waals surface area contributed by atoms with Crippen molar-refractivity contribution in [1.29, 1.82) is 0 Å². The Balaban J connectivity index is 2.25. The number of rotatable bonds is 2. The Labute approximate surface area is 99.1 Å². The van der Waals surface area contributed by atoms with Gasteiger partial charge in [-0.2, -0.15) is 0 Å². The Hall–Kier alpha value is -2.10. The third-order valence-electron chi connectivity index (χ3n) is 2.49. The summed E-state index contributed by atoms with van der Waals surface area (Å²) in [7, 11) is 0. The predicted octanol–water partition coefficient (Wildman–Crippen LogP) is 3.21. The molecule has 2 rings (SSSR count). The van der Waals surface area contributed by atoms with E-state index in [0.29, 0.717) is 22.9 Å². The molecule has 0 unspecified atom stereocenters. The number of nitrogens with two attached hydrogens (primary N) is 1. The quantitative estimate of drug-likeness (QED) is 0.864. The largest absolute Gasteiger partial charge is 0.439 e. The van der Waals surface area contributed by atoms with Gasteiger partial charge in [0.05, 0.1) is 0 Å². The van der Waals surface area contributed by atoms with Gasteiger partial charge in [-0.1, -0.05) is 6.07 Å². The van der Waals surface area contributed by atoms with Crippen molar-refractivity contribution < 1.29 is 9.13 Å². The van der Waals surface area contributed by atoms with E-state index in [-0.39, 0.29) is 5.82 Å². The van der Waals surface area contributed by atoms with Gasteiger partial charge in [-0.3, -0.25) is 0 Å². The highest BCUT2D eigenvalue weighted by Gasteiger charge is 2.04. The van der Waals surface area contributed by atoms with Crippen LogP contribution in [0.2, 0.25) is 0 Å². The number of hydrogen-bond donors (Lipinski definition) is 1. The maximum atomic E-state index is 13.3. The minimum atomic E-state index is -0.303. The Morgan fingerprint density at radius 3 is 2.59 bits per heavy atom. The summed E-state index contributed by atoms with van der Waals surface area (Å²) in [6.45, 7) is 3.55. The van der Waals surface area contributed by atoms with Crippen molar-refractivity contribution in [1.82, 2.24) is 4.98 Å². The van der Waals surface area contributed by atoms with E-state index in [9.17, 15) is 4.39 Å².